The maximum absolute atomic E-state index is 12.9. The van der Waals surface area contributed by atoms with Gasteiger partial charge in [-0.1, -0.05) is 19.4 Å². The monoisotopic (exact) mass is 434 g/mol. The van der Waals surface area contributed by atoms with Gasteiger partial charge in [0.25, 0.3) is 11.5 Å². The van der Waals surface area contributed by atoms with Crippen molar-refractivity contribution >= 4 is 15.9 Å². The van der Waals surface area contributed by atoms with E-state index in [1.165, 1.54) is 38.2 Å². The van der Waals surface area contributed by atoms with Crippen LogP contribution in [0.2, 0.25) is 0 Å². The Balaban J connectivity index is 1.71. The standard InChI is InChI=1S/C20H26N4O5S/c1-3-4-9-24-19(26)8-6-16(21-24)20(27)22-10-12-23(13-11-22)30(28,29)18-14-15(2)5-7-17(18)25/h5-8,14,25H,3-4,9-13H2,1-2H3. The molecule has 0 aliphatic carbocycles. The smallest absolute Gasteiger partial charge is 0.274 e. The summed E-state index contributed by atoms with van der Waals surface area (Å²) in [5.41, 5.74) is 0.636. The Morgan fingerprint density at radius 2 is 1.83 bits per heavy atom. The molecule has 1 amide bonds. The normalized spacial score (nSPS) is 15.3. The van der Waals surface area contributed by atoms with E-state index in [1.54, 1.807) is 13.0 Å². The van der Waals surface area contributed by atoms with Gasteiger partial charge in [0, 0.05) is 38.8 Å². The Bertz CT molecular complexity index is 1090. The molecule has 1 aliphatic rings. The second kappa shape index (κ2) is 8.97. The van der Waals surface area contributed by atoms with Crippen molar-refractivity contribution in [3.63, 3.8) is 0 Å². The van der Waals surface area contributed by atoms with Crippen molar-refractivity contribution < 1.29 is 18.3 Å². The van der Waals surface area contributed by atoms with Crippen LogP contribution >= 0.6 is 0 Å². The fourth-order valence-corrected chi connectivity index (χ4v) is 4.88. The van der Waals surface area contributed by atoms with Crippen molar-refractivity contribution in [2.45, 2.75) is 38.1 Å². The summed E-state index contributed by atoms with van der Waals surface area (Å²) < 4.78 is 28.4. The van der Waals surface area contributed by atoms with E-state index in [1.807, 2.05) is 6.92 Å². The Kier molecular flexibility index (Phi) is 6.57. The molecule has 30 heavy (non-hydrogen) atoms. The van der Waals surface area contributed by atoms with E-state index in [9.17, 15) is 23.1 Å². The molecule has 0 atom stereocenters. The minimum atomic E-state index is -3.87. The number of carbonyl (C=O) groups is 1. The highest BCUT2D eigenvalue weighted by Gasteiger charge is 2.32. The van der Waals surface area contributed by atoms with Crippen LogP contribution in [0, 0.1) is 6.92 Å². The highest BCUT2D eigenvalue weighted by atomic mass is 32.2. The van der Waals surface area contributed by atoms with Gasteiger partial charge in [0.2, 0.25) is 10.0 Å². The first-order chi connectivity index (χ1) is 14.2. The molecule has 10 heteroatoms. The molecule has 0 unspecified atom stereocenters. The maximum atomic E-state index is 12.9. The number of amides is 1. The highest BCUT2D eigenvalue weighted by Crippen LogP contribution is 2.27. The lowest BCUT2D eigenvalue weighted by Crippen LogP contribution is -2.50. The van der Waals surface area contributed by atoms with Crippen molar-refractivity contribution in [3.05, 3.63) is 51.9 Å². The predicted octanol–water partition coefficient (Wildman–Crippen LogP) is 1.20. The summed E-state index contributed by atoms with van der Waals surface area (Å²) >= 11 is 0. The van der Waals surface area contributed by atoms with Gasteiger partial charge in [-0.15, -0.1) is 0 Å². The molecule has 2 aromatic rings. The topological polar surface area (TPSA) is 113 Å². The van der Waals surface area contributed by atoms with Crippen molar-refractivity contribution in [2.24, 2.45) is 0 Å². The van der Waals surface area contributed by atoms with Gasteiger partial charge in [0.15, 0.2) is 0 Å². The Morgan fingerprint density at radius 1 is 1.13 bits per heavy atom. The quantitative estimate of drug-likeness (QED) is 0.731. The van der Waals surface area contributed by atoms with Crippen LogP contribution in [-0.4, -0.2) is 64.6 Å². The molecule has 1 aromatic carbocycles. The number of benzene rings is 1. The molecule has 3 rings (SSSR count). The second-order valence-electron chi connectivity index (χ2n) is 7.30. The van der Waals surface area contributed by atoms with Crippen molar-refractivity contribution in [1.82, 2.24) is 19.0 Å². The average Bonchev–Trinajstić information content (AvgIpc) is 2.74. The molecule has 0 bridgehead atoms. The van der Waals surface area contributed by atoms with Crippen LogP contribution in [0.4, 0.5) is 0 Å². The summed E-state index contributed by atoms with van der Waals surface area (Å²) in [5.74, 6) is -0.631. The molecule has 1 aromatic heterocycles. The SMILES string of the molecule is CCCCn1nc(C(=O)N2CCN(S(=O)(=O)c3cc(C)ccc3O)CC2)ccc1=O. The minimum absolute atomic E-state index is 0.108. The molecule has 162 valence electrons. The first-order valence-electron chi connectivity index (χ1n) is 9.91. The third kappa shape index (κ3) is 4.54. The van der Waals surface area contributed by atoms with Gasteiger partial charge in [-0.2, -0.15) is 9.40 Å². The average molecular weight is 435 g/mol. The van der Waals surface area contributed by atoms with E-state index in [0.717, 1.165) is 18.4 Å². The van der Waals surface area contributed by atoms with Crippen LogP contribution in [0.3, 0.4) is 0 Å². The van der Waals surface area contributed by atoms with Crippen LogP contribution < -0.4 is 5.56 Å². The lowest BCUT2D eigenvalue weighted by molar-refractivity contribution is 0.0689. The zero-order chi connectivity index (χ0) is 21.9. The zero-order valence-corrected chi connectivity index (χ0v) is 17.9. The third-order valence-electron chi connectivity index (χ3n) is 5.07. The predicted molar refractivity (Wildman–Crippen MR) is 111 cm³/mol. The largest absolute Gasteiger partial charge is 0.507 e. The lowest BCUT2D eigenvalue weighted by atomic mass is 10.2. The molecule has 9 nitrogen and oxygen atoms in total. The van der Waals surface area contributed by atoms with Crippen molar-refractivity contribution in [2.75, 3.05) is 26.2 Å². The Morgan fingerprint density at radius 3 is 2.50 bits per heavy atom. The number of aromatic nitrogens is 2. The lowest BCUT2D eigenvalue weighted by Gasteiger charge is -2.34. The van der Waals surface area contributed by atoms with E-state index in [-0.39, 0.29) is 54.0 Å². The number of nitrogens with zero attached hydrogens (tertiary/aromatic N) is 4. The summed E-state index contributed by atoms with van der Waals surface area (Å²) in [6, 6.07) is 7.17. The molecule has 1 aliphatic heterocycles. The van der Waals surface area contributed by atoms with Crippen LogP contribution in [0.25, 0.3) is 0 Å². The Labute approximate surface area is 175 Å². The van der Waals surface area contributed by atoms with Gasteiger partial charge in [-0.3, -0.25) is 9.59 Å². The molecule has 1 fully saturated rings. The van der Waals surface area contributed by atoms with Crippen LogP contribution in [-0.2, 0) is 16.6 Å². The van der Waals surface area contributed by atoms with Crippen LogP contribution in [0.5, 0.6) is 5.75 Å². The number of piperazine rings is 1. The number of hydrogen-bond donors (Lipinski definition) is 1. The fraction of sp³-hybridized carbons (Fsp3) is 0.450. The van der Waals surface area contributed by atoms with E-state index in [4.69, 9.17) is 0 Å². The van der Waals surface area contributed by atoms with E-state index in [2.05, 4.69) is 5.10 Å². The summed E-state index contributed by atoms with van der Waals surface area (Å²) in [5, 5.41) is 14.2. The highest BCUT2D eigenvalue weighted by molar-refractivity contribution is 7.89. The van der Waals surface area contributed by atoms with Gasteiger partial charge in [0.1, 0.15) is 16.3 Å². The first kappa shape index (κ1) is 22.0. The van der Waals surface area contributed by atoms with E-state index in [0.29, 0.717) is 6.54 Å². The Hall–Kier alpha value is -2.72. The van der Waals surface area contributed by atoms with Gasteiger partial charge in [-0.05, 0) is 37.1 Å². The van der Waals surface area contributed by atoms with Crippen LogP contribution in [0.1, 0.15) is 35.8 Å². The number of phenolic OH excluding ortho intramolecular Hbond substituents is 1. The van der Waals surface area contributed by atoms with Gasteiger partial charge < -0.3 is 10.0 Å². The molecule has 1 N–H and O–H groups in total. The molecule has 0 radical (unpaired) electrons. The van der Waals surface area contributed by atoms with Gasteiger partial charge in [-0.25, -0.2) is 13.1 Å². The molecular weight excluding hydrogens is 408 g/mol. The summed E-state index contributed by atoms with van der Waals surface area (Å²) in [6.07, 6.45) is 1.69. The summed E-state index contributed by atoms with van der Waals surface area (Å²) in [6.45, 7) is 4.81. The first-order valence-corrected chi connectivity index (χ1v) is 11.3. The van der Waals surface area contributed by atoms with E-state index >= 15 is 0 Å². The number of rotatable bonds is 6. The minimum Gasteiger partial charge on any atom is -0.507 e. The number of sulfonamides is 1. The second-order valence-corrected chi connectivity index (χ2v) is 9.21. The molecule has 0 saturated carbocycles. The number of carbonyl (C=O) groups excluding carboxylic acids is 1. The van der Waals surface area contributed by atoms with Crippen LogP contribution in [0.15, 0.2) is 40.0 Å². The van der Waals surface area contributed by atoms with Crippen molar-refractivity contribution in [3.8, 4) is 5.75 Å². The number of phenols is 1. The molecule has 0 spiro atoms. The van der Waals surface area contributed by atoms with Gasteiger partial charge >= 0.3 is 0 Å². The summed E-state index contributed by atoms with van der Waals surface area (Å²) in [4.78, 5) is 26.1. The zero-order valence-electron chi connectivity index (χ0n) is 17.1. The third-order valence-corrected chi connectivity index (χ3v) is 7.00. The van der Waals surface area contributed by atoms with Crippen molar-refractivity contribution in [1.29, 1.82) is 0 Å². The van der Waals surface area contributed by atoms with E-state index < -0.39 is 10.0 Å². The molecular formula is C20H26N4O5S. The molecule has 1 saturated heterocycles. The maximum Gasteiger partial charge on any atom is 0.274 e. The number of aryl methyl sites for hydroxylation is 2. The number of aromatic hydroxyl groups is 1. The number of hydrogen-bond acceptors (Lipinski definition) is 6. The summed E-state index contributed by atoms with van der Waals surface area (Å²) in [7, 11) is -3.87. The number of unbranched alkanes of at least 4 members (excludes halogenated alkanes) is 1. The molecule has 2 heterocycles. The fourth-order valence-electron chi connectivity index (χ4n) is 3.29. The van der Waals surface area contributed by atoms with Gasteiger partial charge in [0.05, 0.1) is 0 Å².